The number of fused-ring (bicyclic) bond motifs is 2. The minimum Gasteiger partial charge on any atom is -0.324 e. The summed E-state index contributed by atoms with van der Waals surface area (Å²) >= 11 is 0. The van der Waals surface area contributed by atoms with Gasteiger partial charge in [0.05, 0.1) is 10.6 Å². The van der Waals surface area contributed by atoms with Crippen molar-refractivity contribution in [1.29, 1.82) is 0 Å². The van der Waals surface area contributed by atoms with E-state index in [0.717, 1.165) is 24.7 Å². The van der Waals surface area contributed by atoms with Gasteiger partial charge in [-0.2, -0.15) is 0 Å². The van der Waals surface area contributed by atoms with Gasteiger partial charge in [-0.1, -0.05) is 6.42 Å². The molecule has 0 aromatic heterocycles. The van der Waals surface area contributed by atoms with Crippen LogP contribution in [-0.4, -0.2) is 20.6 Å². The van der Waals surface area contributed by atoms with Gasteiger partial charge in [-0.05, 0) is 55.2 Å². The molecule has 2 aliphatic carbocycles. The number of carbonyl (C=O) groups is 1. The van der Waals surface area contributed by atoms with Gasteiger partial charge in [0, 0.05) is 12.7 Å². The van der Waals surface area contributed by atoms with Crippen LogP contribution in [0.1, 0.15) is 32.1 Å². The van der Waals surface area contributed by atoms with Crippen LogP contribution in [0.3, 0.4) is 0 Å². The van der Waals surface area contributed by atoms with Crippen molar-refractivity contribution in [1.82, 2.24) is 0 Å². The van der Waals surface area contributed by atoms with Crippen LogP contribution >= 0.6 is 0 Å². The third-order valence-electron chi connectivity index (χ3n) is 4.97. The zero-order valence-electron chi connectivity index (χ0n) is 12.5. The fourth-order valence-corrected chi connectivity index (χ4v) is 4.54. The van der Waals surface area contributed by atoms with E-state index in [1.165, 1.54) is 31.4 Å². The first-order valence-electron chi connectivity index (χ1n) is 7.62. The molecule has 2 bridgehead atoms. The highest BCUT2D eigenvalue weighted by Crippen LogP contribution is 2.49. The molecule has 3 unspecified atom stereocenters. The lowest BCUT2D eigenvalue weighted by Crippen LogP contribution is -2.21. The molecule has 0 heterocycles. The van der Waals surface area contributed by atoms with Gasteiger partial charge in [0.15, 0.2) is 9.84 Å². The highest BCUT2D eigenvalue weighted by Gasteiger charge is 2.40. The zero-order chi connectivity index (χ0) is 15.9. The number of halogens is 1. The number of carbonyl (C=O) groups excluding carboxylic acids is 1. The highest BCUT2D eigenvalue weighted by molar-refractivity contribution is 7.90. The van der Waals surface area contributed by atoms with Crippen molar-refractivity contribution in [2.45, 2.75) is 37.0 Å². The molecule has 0 radical (unpaired) electrons. The SMILES string of the molecule is CS(=O)(=O)c1ccc(F)c(NC(=O)CC2CC3CCC2C3)c1. The van der Waals surface area contributed by atoms with Gasteiger partial charge in [-0.25, -0.2) is 12.8 Å². The number of hydrogen-bond acceptors (Lipinski definition) is 3. The van der Waals surface area contributed by atoms with Gasteiger partial charge in [0.25, 0.3) is 0 Å². The second kappa shape index (κ2) is 5.65. The molecule has 2 fully saturated rings. The van der Waals surface area contributed by atoms with Crippen molar-refractivity contribution >= 4 is 21.4 Å². The first kappa shape index (κ1) is 15.5. The van der Waals surface area contributed by atoms with Crippen molar-refractivity contribution in [3.05, 3.63) is 24.0 Å². The minimum absolute atomic E-state index is 0.00382. The number of benzene rings is 1. The number of rotatable bonds is 4. The number of anilines is 1. The summed E-state index contributed by atoms with van der Waals surface area (Å²) < 4.78 is 36.8. The van der Waals surface area contributed by atoms with E-state index in [9.17, 15) is 17.6 Å². The minimum atomic E-state index is -3.43. The molecule has 1 N–H and O–H groups in total. The fraction of sp³-hybridized carbons (Fsp3) is 0.562. The zero-order valence-corrected chi connectivity index (χ0v) is 13.3. The summed E-state index contributed by atoms with van der Waals surface area (Å²) in [5, 5.41) is 2.53. The second-order valence-electron chi connectivity index (χ2n) is 6.60. The average molecular weight is 325 g/mol. The van der Waals surface area contributed by atoms with Crippen molar-refractivity contribution in [3.8, 4) is 0 Å². The van der Waals surface area contributed by atoms with E-state index >= 15 is 0 Å². The van der Waals surface area contributed by atoms with E-state index in [1.807, 2.05) is 0 Å². The van der Waals surface area contributed by atoms with E-state index in [-0.39, 0.29) is 16.5 Å². The van der Waals surface area contributed by atoms with Crippen molar-refractivity contribution < 1.29 is 17.6 Å². The molecule has 3 atom stereocenters. The van der Waals surface area contributed by atoms with Gasteiger partial charge in [0.2, 0.25) is 5.91 Å². The van der Waals surface area contributed by atoms with Gasteiger partial charge < -0.3 is 5.32 Å². The van der Waals surface area contributed by atoms with Crippen LogP contribution in [0, 0.1) is 23.6 Å². The third kappa shape index (κ3) is 3.16. The van der Waals surface area contributed by atoms with E-state index in [2.05, 4.69) is 5.32 Å². The van der Waals surface area contributed by atoms with Gasteiger partial charge in [-0.15, -0.1) is 0 Å². The van der Waals surface area contributed by atoms with Crippen molar-refractivity contribution in [2.24, 2.45) is 17.8 Å². The Balaban J connectivity index is 1.68. The molecular weight excluding hydrogens is 305 g/mol. The summed E-state index contributed by atoms with van der Waals surface area (Å²) in [5.74, 6) is 0.923. The van der Waals surface area contributed by atoms with Crippen molar-refractivity contribution in [2.75, 3.05) is 11.6 Å². The maximum absolute atomic E-state index is 13.8. The number of amides is 1. The molecule has 1 aromatic carbocycles. The van der Waals surface area contributed by atoms with Crippen LogP contribution in [0.5, 0.6) is 0 Å². The maximum atomic E-state index is 13.8. The smallest absolute Gasteiger partial charge is 0.224 e. The van der Waals surface area contributed by atoms with Gasteiger partial charge in [0.1, 0.15) is 5.82 Å². The topological polar surface area (TPSA) is 63.2 Å². The summed E-state index contributed by atoms with van der Waals surface area (Å²) in [4.78, 5) is 12.1. The number of nitrogens with one attached hydrogen (secondary N) is 1. The monoisotopic (exact) mass is 325 g/mol. The van der Waals surface area contributed by atoms with E-state index < -0.39 is 15.7 Å². The fourth-order valence-electron chi connectivity index (χ4n) is 3.90. The van der Waals surface area contributed by atoms with Crippen LogP contribution in [0.15, 0.2) is 23.1 Å². The second-order valence-corrected chi connectivity index (χ2v) is 8.62. The summed E-state index contributed by atoms with van der Waals surface area (Å²) in [6.07, 6.45) is 6.22. The Morgan fingerprint density at radius 3 is 2.68 bits per heavy atom. The molecule has 120 valence electrons. The molecule has 4 nitrogen and oxygen atoms in total. The van der Waals surface area contributed by atoms with Crippen LogP contribution in [0.4, 0.5) is 10.1 Å². The van der Waals surface area contributed by atoms with E-state index in [1.54, 1.807) is 0 Å². The van der Waals surface area contributed by atoms with Crippen LogP contribution in [-0.2, 0) is 14.6 Å². The Morgan fingerprint density at radius 1 is 1.32 bits per heavy atom. The first-order chi connectivity index (χ1) is 10.3. The molecule has 2 saturated carbocycles. The number of sulfone groups is 1. The Morgan fingerprint density at radius 2 is 2.09 bits per heavy atom. The van der Waals surface area contributed by atoms with Gasteiger partial charge >= 0.3 is 0 Å². The lowest BCUT2D eigenvalue weighted by atomic mass is 9.86. The predicted octanol–water partition coefficient (Wildman–Crippen LogP) is 2.99. The summed E-state index contributed by atoms with van der Waals surface area (Å²) in [6.45, 7) is 0. The third-order valence-corrected chi connectivity index (χ3v) is 6.08. The van der Waals surface area contributed by atoms with Crippen LogP contribution < -0.4 is 5.32 Å². The lowest BCUT2D eigenvalue weighted by molar-refractivity contribution is -0.117. The molecule has 1 aromatic rings. The molecule has 6 heteroatoms. The normalized spacial score (nSPS) is 27.1. The van der Waals surface area contributed by atoms with Gasteiger partial charge in [-0.3, -0.25) is 4.79 Å². The Labute approximate surface area is 130 Å². The molecule has 0 aliphatic heterocycles. The standard InChI is InChI=1S/C16H20FNO3S/c1-22(20,21)13-4-5-14(17)15(9-13)18-16(19)8-12-7-10-2-3-11(12)6-10/h4-5,9-12H,2-3,6-8H2,1H3,(H,18,19). The molecule has 3 rings (SSSR count). The highest BCUT2D eigenvalue weighted by atomic mass is 32.2. The first-order valence-corrected chi connectivity index (χ1v) is 9.51. The molecule has 2 aliphatic rings. The molecular formula is C16H20FNO3S. The lowest BCUT2D eigenvalue weighted by Gasteiger charge is -2.21. The Kier molecular flexibility index (Phi) is 3.97. The van der Waals surface area contributed by atoms with Crippen LogP contribution in [0.25, 0.3) is 0 Å². The quantitative estimate of drug-likeness (QED) is 0.866. The summed E-state index contributed by atoms with van der Waals surface area (Å²) in [6, 6.07) is 3.46. The van der Waals surface area contributed by atoms with Crippen LogP contribution in [0.2, 0.25) is 0 Å². The number of hydrogen-bond donors (Lipinski definition) is 1. The largest absolute Gasteiger partial charge is 0.324 e. The average Bonchev–Trinajstić information content (AvgIpc) is 3.02. The van der Waals surface area contributed by atoms with Crippen molar-refractivity contribution in [3.63, 3.8) is 0 Å². The Hall–Kier alpha value is -1.43. The molecule has 22 heavy (non-hydrogen) atoms. The summed E-state index contributed by atoms with van der Waals surface area (Å²) in [5.41, 5.74) is -0.0592. The van der Waals surface area contributed by atoms with E-state index in [4.69, 9.17) is 0 Å². The molecule has 1 amide bonds. The maximum Gasteiger partial charge on any atom is 0.224 e. The summed E-state index contributed by atoms with van der Waals surface area (Å²) in [7, 11) is -3.43. The Bertz CT molecular complexity index is 701. The predicted molar refractivity (Wildman–Crippen MR) is 81.7 cm³/mol. The molecule has 0 saturated heterocycles. The van der Waals surface area contributed by atoms with E-state index in [0.29, 0.717) is 18.3 Å². The molecule has 0 spiro atoms.